The Morgan fingerprint density at radius 2 is 1.82 bits per heavy atom. The van der Waals surface area contributed by atoms with Gasteiger partial charge < -0.3 is 14.1 Å². The summed E-state index contributed by atoms with van der Waals surface area (Å²) in [6.07, 6.45) is 2.55. The number of oxime groups is 1. The fourth-order valence-electron chi connectivity index (χ4n) is 4.16. The summed E-state index contributed by atoms with van der Waals surface area (Å²) in [5, 5.41) is 4.20. The van der Waals surface area contributed by atoms with Crippen molar-refractivity contribution in [1.29, 1.82) is 0 Å². The van der Waals surface area contributed by atoms with E-state index in [1.165, 1.54) is 0 Å². The molecule has 34 heavy (non-hydrogen) atoms. The number of rotatable bonds is 9. The summed E-state index contributed by atoms with van der Waals surface area (Å²) in [6, 6.07) is 21.2. The highest BCUT2D eigenvalue weighted by Gasteiger charge is 2.35. The van der Waals surface area contributed by atoms with Gasteiger partial charge in [-0.15, -0.1) is 0 Å². The zero-order valence-corrected chi connectivity index (χ0v) is 18.9. The normalized spacial score (nSPS) is 14.2. The Balaban J connectivity index is 1.43. The van der Waals surface area contributed by atoms with Crippen molar-refractivity contribution >= 4 is 28.3 Å². The average molecular weight is 456 g/mol. The van der Waals surface area contributed by atoms with E-state index in [1.54, 1.807) is 18.2 Å². The summed E-state index contributed by atoms with van der Waals surface area (Å²) in [6.45, 7) is 1.93. The molecule has 0 bridgehead atoms. The molecule has 0 atom stereocenters. The molecule has 0 saturated carbocycles. The van der Waals surface area contributed by atoms with Gasteiger partial charge in [0.25, 0.3) is 5.91 Å². The van der Waals surface area contributed by atoms with Crippen LogP contribution in [0.3, 0.4) is 0 Å². The largest absolute Gasteiger partial charge is 0.389 e. The SMILES string of the molecule is COCCCn1c(CN2C(=O)/C(=N/OCc3ccccn3)c3ccccc32)nc2ccccc21. The molecule has 0 fully saturated rings. The van der Waals surface area contributed by atoms with Crippen LogP contribution in [0, 0.1) is 0 Å². The van der Waals surface area contributed by atoms with Gasteiger partial charge in [0, 0.05) is 32.0 Å². The summed E-state index contributed by atoms with van der Waals surface area (Å²) >= 11 is 0. The van der Waals surface area contributed by atoms with Gasteiger partial charge in [0.1, 0.15) is 5.82 Å². The number of fused-ring (bicyclic) bond motifs is 2. The topological polar surface area (TPSA) is 81.8 Å². The van der Waals surface area contributed by atoms with Crippen LogP contribution in [0.15, 0.2) is 78.1 Å². The van der Waals surface area contributed by atoms with Gasteiger partial charge in [-0.05, 0) is 36.8 Å². The summed E-state index contributed by atoms with van der Waals surface area (Å²) in [4.78, 5) is 29.7. The van der Waals surface area contributed by atoms with E-state index in [-0.39, 0.29) is 18.2 Å². The number of aromatic nitrogens is 3. The standard InChI is InChI=1S/C26H25N5O3/c1-33-16-8-15-30-23-13-5-3-11-21(23)28-24(30)17-31-22-12-4-2-10-20(22)25(26(31)32)29-34-18-19-9-6-7-14-27-19/h2-7,9-14H,8,15-18H2,1H3/b29-25+. The van der Waals surface area contributed by atoms with E-state index in [2.05, 4.69) is 20.8 Å². The predicted octanol–water partition coefficient (Wildman–Crippen LogP) is 3.94. The fourth-order valence-corrected chi connectivity index (χ4v) is 4.16. The van der Waals surface area contributed by atoms with Gasteiger partial charge in [0.15, 0.2) is 12.3 Å². The maximum atomic E-state index is 13.4. The number of aryl methyl sites for hydroxylation is 1. The second kappa shape index (κ2) is 9.84. The number of pyridine rings is 1. The summed E-state index contributed by atoms with van der Waals surface area (Å²) in [7, 11) is 1.70. The Bertz CT molecular complexity index is 1330. The molecule has 0 N–H and O–H groups in total. The first-order valence-corrected chi connectivity index (χ1v) is 11.2. The molecular weight excluding hydrogens is 430 g/mol. The second-order valence-electron chi connectivity index (χ2n) is 7.96. The molecule has 1 amide bonds. The lowest BCUT2D eigenvalue weighted by Crippen LogP contribution is -2.31. The molecule has 0 radical (unpaired) electrons. The van der Waals surface area contributed by atoms with Crippen LogP contribution in [0.4, 0.5) is 5.69 Å². The third-order valence-corrected chi connectivity index (χ3v) is 5.76. The third-order valence-electron chi connectivity index (χ3n) is 5.76. The first-order valence-electron chi connectivity index (χ1n) is 11.2. The molecule has 1 aliphatic rings. The average Bonchev–Trinajstić information content (AvgIpc) is 3.35. The Hall–Kier alpha value is -4.04. The maximum Gasteiger partial charge on any atom is 0.281 e. The second-order valence-corrected chi connectivity index (χ2v) is 7.96. The molecule has 2 aromatic carbocycles. The van der Waals surface area contributed by atoms with Crippen molar-refractivity contribution < 1.29 is 14.4 Å². The summed E-state index contributed by atoms with van der Waals surface area (Å²) in [5.74, 6) is 0.605. The number of hydrogen-bond donors (Lipinski definition) is 0. The van der Waals surface area contributed by atoms with Crippen LogP contribution in [-0.2, 0) is 34.1 Å². The number of carbonyl (C=O) groups excluding carboxylic acids is 1. The van der Waals surface area contributed by atoms with Gasteiger partial charge in [-0.25, -0.2) is 4.98 Å². The summed E-state index contributed by atoms with van der Waals surface area (Å²) in [5.41, 5.74) is 4.52. The Labute approximate surface area is 197 Å². The molecule has 8 nitrogen and oxygen atoms in total. The van der Waals surface area contributed by atoms with Crippen molar-refractivity contribution in [1.82, 2.24) is 14.5 Å². The lowest BCUT2D eigenvalue weighted by atomic mass is 10.1. The van der Waals surface area contributed by atoms with E-state index in [0.29, 0.717) is 13.2 Å². The minimum atomic E-state index is -0.210. The van der Waals surface area contributed by atoms with Crippen molar-refractivity contribution in [3.05, 3.63) is 90.0 Å². The van der Waals surface area contributed by atoms with Gasteiger partial charge in [-0.2, -0.15) is 0 Å². The molecule has 0 unspecified atom stereocenters. The molecular formula is C26H25N5O3. The Kier molecular flexibility index (Phi) is 6.31. The van der Waals surface area contributed by atoms with Crippen molar-refractivity contribution in [3.63, 3.8) is 0 Å². The number of hydrogen-bond acceptors (Lipinski definition) is 6. The van der Waals surface area contributed by atoms with Crippen LogP contribution in [0.1, 0.15) is 23.5 Å². The highest BCUT2D eigenvalue weighted by molar-refractivity contribution is 6.54. The minimum absolute atomic E-state index is 0.190. The lowest BCUT2D eigenvalue weighted by molar-refractivity contribution is -0.112. The van der Waals surface area contributed by atoms with Crippen LogP contribution in [-0.4, -0.2) is 39.9 Å². The number of ether oxygens (including phenoxy) is 1. The predicted molar refractivity (Wildman–Crippen MR) is 129 cm³/mol. The zero-order chi connectivity index (χ0) is 23.3. The number of benzene rings is 2. The first kappa shape index (κ1) is 21.8. The van der Waals surface area contributed by atoms with Gasteiger partial charge in [-0.1, -0.05) is 41.6 Å². The van der Waals surface area contributed by atoms with E-state index >= 15 is 0 Å². The molecule has 0 aliphatic carbocycles. The molecule has 2 aromatic heterocycles. The number of anilines is 1. The minimum Gasteiger partial charge on any atom is -0.389 e. The molecule has 5 rings (SSSR count). The number of amides is 1. The van der Waals surface area contributed by atoms with Crippen LogP contribution >= 0.6 is 0 Å². The number of para-hydroxylation sites is 3. The molecule has 0 saturated heterocycles. The van der Waals surface area contributed by atoms with Crippen LogP contribution in [0.5, 0.6) is 0 Å². The number of methoxy groups -OCH3 is 1. The van der Waals surface area contributed by atoms with Crippen LogP contribution < -0.4 is 4.90 Å². The number of nitrogens with zero attached hydrogens (tertiary/aromatic N) is 5. The van der Waals surface area contributed by atoms with Crippen molar-refractivity contribution in [2.45, 2.75) is 26.1 Å². The lowest BCUT2D eigenvalue weighted by Gasteiger charge is -2.17. The van der Waals surface area contributed by atoms with E-state index in [1.807, 2.05) is 60.7 Å². The Morgan fingerprint density at radius 1 is 1.00 bits per heavy atom. The molecule has 8 heteroatoms. The molecule has 0 spiro atoms. The van der Waals surface area contributed by atoms with Gasteiger partial charge in [-0.3, -0.25) is 14.7 Å². The fraction of sp³-hybridized carbons (Fsp3) is 0.231. The van der Waals surface area contributed by atoms with Crippen LogP contribution in [0.25, 0.3) is 11.0 Å². The number of carbonyl (C=O) groups is 1. The van der Waals surface area contributed by atoms with Crippen molar-refractivity contribution in [3.8, 4) is 0 Å². The Morgan fingerprint density at radius 3 is 2.68 bits per heavy atom. The maximum absolute atomic E-state index is 13.4. The first-order chi connectivity index (χ1) is 16.8. The molecule has 4 aromatic rings. The number of imidazole rings is 1. The van der Waals surface area contributed by atoms with E-state index in [9.17, 15) is 4.79 Å². The summed E-state index contributed by atoms with van der Waals surface area (Å²) < 4.78 is 7.40. The smallest absolute Gasteiger partial charge is 0.281 e. The third kappa shape index (κ3) is 4.27. The van der Waals surface area contributed by atoms with Crippen molar-refractivity contribution in [2.24, 2.45) is 5.16 Å². The molecule has 172 valence electrons. The molecule has 1 aliphatic heterocycles. The van der Waals surface area contributed by atoms with Crippen molar-refractivity contribution in [2.75, 3.05) is 18.6 Å². The highest BCUT2D eigenvalue weighted by Crippen LogP contribution is 2.31. The van der Waals surface area contributed by atoms with E-state index in [0.717, 1.165) is 46.8 Å². The van der Waals surface area contributed by atoms with Gasteiger partial charge in [0.2, 0.25) is 0 Å². The van der Waals surface area contributed by atoms with E-state index in [4.69, 9.17) is 14.6 Å². The quantitative estimate of drug-likeness (QED) is 0.282. The van der Waals surface area contributed by atoms with Crippen LogP contribution in [0.2, 0.25) is 0 Å². The zero-order valence-electron chi connectivity index (χ0n) is 18.9. The molecule has 3 heterocycles. The van der Waals surface area contributed by atoms with Gasteiger partial charge >= 0.3 is 0 Å². The van der Waals surface area contributed by atoms with E-state index < -0.39 is 0 Å². The van der Waals surface area contributed by atoms with Gasteiger partial charge in [0.05, 0.1) is 29.0 Å². The monoisotopic (exact) mass is 455 g/mol. The highest BCUT2D eigenvalue weighted by atomic mass is 16.6.